The zero-order valence-corrected chi connectivity index (χ0v) is 17.2. The lowest BCUT2D eigenvalue weighted by Crippen LogP contribution is -2.61. The summed E-state index contributed by atoms with van der Waals surface area (Å²) in [5.74, 6) is -1.38. The Morgan fingerprint density at radius 3 is 2.67 bits per heavy atom. The second-order valence-electron chi connectivity index (χ2n) is 7.07. The number of ether oxygens (including phenoxy) is 2. The molecule has 1 N–H and O–H groups in total. The number of methoxy groups -OCH3 is 1. The number of aromatic nitrogens is 1. The van der Waals surface area contributed by atoms with Gasteiger partial charge in [-0.2, -0.15) is 4.57 Å². The lowest BCUT2D eigenvalue weighted by atomic mass is 9.92. The molecule has 0 spiro atoms. The number of hydrogen-bond donors (Lipinski definition) is 1. The molecule has 0 radical (unpaired) electrons. The second kappa shape index (κ2) is 8.00. The number of nitrogens with zero attached hydrogens (tertiary/aromatic N) is 2. The number of carbonyl (C=O) groups is 2. The zero-order valence-electron chi connectivity index (χ0n) is 16.3. The Hall–Kier alpha value is -3.04. The van der Waals surface area contributed by atoms with Gasteiger partial charge in [0.2, 0.25) is 12.1 Å². The Kier molecular flexibility index (Phi) is 5.40. The van der Waals surface area contributed by atoms with Crippen LogP contribution < -0.4 is 19.1 Å². The van der Waals surface area contributed by atoms with Crippen molar-refractivity contribution in [2.24, 2.45) is 5.92 Å². The fourth-order valence-electron chi connectivity index (χ4n) is 3.51. The zero-order chi connectivity index (χ0) is 21.4. The van der Waals surface area contributed by atoms with Crippen LogP contribution in [0.2, 0.25) is 0 Å². The van der Waals surface area contributed by atoms with E-state index in [4.69, 9.17) is 9.47 Å². The normalized spacial score (nSPS) is 21.2. The molecule has 1 amide bonds. The number of pyridine rings is 1. The predicted octanol–water partition coefficient (Wildman–Crippen LogP) is 0.241. The molecule has 8 nitrogen and oxygen atoms in total. The Balaban J connectivity index is 1.49. The molecule has 3 heterocycles. The summed E-state index contributed by atoms with van der Waals surface area (Å²) in [6.07, 6.45) is 2.94. The maximum Gasteiger partial charge on any atom is 0.236 e. The SMILES string of the molecule is COc1ccc[n+](Cc2ccc(OC3=C(C(=O)[O-])N4C(=O)[C@H]([C@@H](C)O)[C@H]4S3)cc2)c1. The number of amides is 1. The monoisotopic (exact) mass is 428 g/mol. The number of rotatable bonds is 7. The molecule has 1 fully saturated rings. The van der Waals surface area contributed by atoms with Crippen LogP contribution in [-0.4, -0.2) is 40.5 Å². The smallest absolute Gasteiger partial charge is 0.236 e. The van der Waals surface area contributed by atoms with Crippen LogP contribution >= 0.6 is 11.8 Å². The van der Waals surface area contributed by atoms with E-state index < -0.39 is 29.3 Å². The first-order valence-corrected chi connectivity index (χ1v) is 10.2. The third kappa shape index (κ3) is 3.61. The molecule has 0 aliphatic carbocycles. The molecule has 0 unspecified atom stereocenters. The molecule has 2 aliphatic rings. The lowest BCUT2D eigenvalue weighted by molar-refractivity contribution is -0.688. The number of carbonyl (C=O) groups excluding carboxylic acids is 2. The summed E-state index contributed by atoms with van der Waals surface area (Å²) in [6, 6.07) is 11.0. The Morgan fingerprint density at radius 2 is 2.03 bits per heavy atom. The highest BCUT2D eigenvalue weighted by atomic mass is 32.2. The Morgan fingerprint density at radius 1 is 1.30 bits per heavy atom. The van der Waals surface area contributed by atoms with E-state index in [1.807, 2.05) is 41.2 Å². The molecule has 3 atom stereocenters. The number of carboxylic acid groups (broad SMARTS) is 1. The van der Waals surface area contributed by atoms with Crippen molar-refractivity contribution in [1.29, 1.82) is 0 Å². The van der Waals surface area contributed by atoms with Crippen LogP contribution in [-0.2, 0) is 16.1 Å². The molecule has 2 aromatic rings. The Labute approximate surface area is 177 Å². The number of carboxylic acids is 1. The van der Waals surface area contributed by atoms with Crippen LogP contribution in [0.3, 0.4) is 0 Å². The molecule has 1 aromatic carbocycles. The van der Waals surface area contributed by atoms with E-state index in [9.17, 15) is 19.8 Å². The van der Waals surface area contributed by atoms with Gasteiger partial charge in [0, 0.05) is 11.6 Å². The fourth-order valence-corrected chi connectivity index (χ4v) is 4.97. The van der Waals surface area contributed by atoms with Gasteiger partial charge in [0.05, 0.1) is 25.1 Å². The van der Waals surface area contributed by atoms with Crippen LogP contribution in [0.15, 0.2) is 59.6 Å². The predicted molar refractivity (Wildman–Crippen MR) is 105 cm³/mol. The van der Waals surface area contributed by atoms with Gasteiger partial charge in [0.15, 0.2) is 23.6 Å². The summed E-state index contributed by atoms with van der Waals surface area (Å²) in [7, 11) is 1.61. The van der Waals surface area contributed by atoms with E-state index in [1.54, 1.807) is 19.2 Å². The van der Waals surface area contributed by atoms with Crippen LogP contribution in [0.25, 0.3) is 0 Å². The summed E-state index contributed by atoms with van der Waals surface area (Å²) < 4.78 is 13.0. The van der Waals surface area contributed by atoms with Crippen molar-refractivity contribution in [3.05, 3.63) is 65.1 Å². The molecule has 0 saturated carbocycles. The van der Waals surface area contributed by atoms with Gasteiger partial charge < -0.3 is 24.5 Å². The van der Waals surface area contributed by atoms with E-state index in [0.29, 0.717) is 12.3 Å². The van der Waals surface area contributed by atoms with Crippen molar-refractivity contribution in [2.75, 3.05) is 7.11 Å². The van der Waals surface area contributed by atoms with Crippen LogP contribution in [0, 0.1) is 5.92 Å². The van der Waals surface area contributed by atoms with Crippen LogP contribution in [0.4, 0.5) is 0 Å². The first-order valence-electron chi connectivity index (χ1n) is 9.32. The largest absolute Gasteiger partial charge is 0.543 e. The van der Waals surface area contributed by atoms with Gasteiger partial charge in [-0.1, -0.05) is 11.8 Å². The van der Waals surface area contributed by atoms with Gasteiger partial charge in [0.1, 0.15) is 16.8 Å². The van der Waals surface area contributed by atoms with Gasteiger partial charge in [-0.25, -0.2) is 0 Å². The molecule has 0 bridgehead atoms. The Bertz CT molecular complexity index is 1020. The van der Waals surface area contributed by atoms with Crippen molar-refractivity contribution in [2.45, 2.75) is 24.9 Å². The van der Waals surface area contributed by atoms with Gasteiger partial charge in [-0.15, -0.1) is 0 Å². The summed E-state index contributed by atoms with van der Waals surface area (Å²) in [4.78, 5) is 24.9. The van der Waals surface area contributed by atoms with E-state index in [2.05, 4.69) is 0 Å². The molecule has 9 heteroatoms. The number of benzene rings is 1. The number of hydrogen-bond acceptors (Lipinski definition) is 7. The summed E-state index contributed by atoms with van der Waals surface area (Å²) in [6.45, 7) is 2.14. The molecular formula is C21H20N2O6S. The minimum atomic E-state index is -1.48. The number of thioether (sulfide) groups is 1. The number of fused-ring (bicyclic) bond motifs is 1. The van der Waals surface area contributed by atoms with Crippen LogP contribution in [0.1, 0.15) is 12.5 Å². The number of aliphatic hydroxyl groups is 1. The summed E-state index contributed by atoms with van der Waals surface area (Å²) in [5.41, 5.74) is 0.727. The quantitative estimate of drug-likeness (QED) is 0.498. The van der Waals surface area contributed by atoms with Gasteiger partial charge in [0.25, 0.3) is 0 Å². The molecule has 30 heavy (non-hydrogen) atoms. The minimum Gasteiger partial charge on any atom is -0.543 e. The highest BCUT2D eigenvalue weighted by molar-refractivity contribution is 8.03. The molecule has 2 aliphatic heterocycles. The number of aliphatic hydroxyl groups excluding tert-OH is 1. The van der Waals surface area contributed by atoms with E-state index >= 15 is 0 Å². The van der Waals surface area contributed by atoms with Crippen LogP contribution in [0.5, 0.6) is 11.5 Å². The summed E-state index contributed by atoms with van der Waals surface area (Å²) >= 11 is 1.11. The average Bonchev–Trinajstić information content (AvgIpc) is 3.03. The third-order valence-electron chi connectivity index (χ3n) is 5.03. The third-order valence-corrected chi connectivity index (χ3v) is 6.26. The highest BCUT2D eigenvalue weighted by Gasteiger charge is 2.57. The van der Waals surface area contributed by atoms with Crippen molar-refractivity contribution < 1.29 is 33.8 Å². The van der Waals surface area contributed by atoms with E-state index in [-0.39, 0.29) is 10.8 Å². The second-order valence-corrected chi connectivity index (χ2v) is 8.16. The first kappa shape index (κ1) is 20.2. The van der Waals surface area contributed by atoms with Gasteiger partial charge >= 0.3 is 0 Å². The molecule has 1 aromatic heterocycles. The number of aliphatic carboxylic acids is 1. The maximum absolute atomic E-state index is 12.2. The van der Waals surface area contributed by atoms with E-state index in [0.717, 1.165) is 28.0 Å². The molecular weight excluding hydrogens is 408 g/mol. The standard InChI is InChI=1S/C21H20N2O6S/c1-12(24)16-18(25)23-17(20(26)27)21(30-19(16)23)29-14-7-5-13(6-8-14)10-22-9-3-4-15(11-22)28-2/h3-9,11-12,16,19,24H,10H2,1-2H3/t12-,16+,19-/m1/s1. The van der Waals surface area contributed by atoms with Gasteiger partial charge in [-0.05, 0) is 37.3 Å². The lowest BCUT2D eigenvalue weighted by Gasteiger charge is -2.44. The number of β-lactam (4-membered cyclic amide) rings is 1. The molecule has 4 rings (SSSR count). The maximum atomic E-state index is 12.2. The minimum absolute atomic E-state index is 0.0893. The van der Waals surface area contributed by atoms with Crippen molar-refractivity contribution in [3.8, 4) is 11.5 Å². The molecule has 1 saturated heterocycles. The van der Waals surface area contributed by atoms with Crippen molar-refractivity contribution >= 4 is 23.6 Å². The summed E-state index contributed by atoms with van der Waals surface area (Å²) in [5, 5.41) is 21.0. The van der Waals surface area contributed by atoms with Crippen molar-refractivity contribution in [3.63, 3.8) is 0 Å². The average molecular weight is 428 g/mol. The highest BCUT2D eigenvalue weighted by Crippen LogP contribution is 2.50. The van der Waals surface area contributed by atoms with E-state index in [1.165, 1.54) is 6.92 Å². The topological polar surface area (TPSA) is 103 Å². The van der Waals surface area contributed by atoms with Crippen molar-refractivity contribution in [1.82, 2.24) is 4.90 Å². The van der Waals surface area contributed by atoms with Gasteiger partial charge in [-0.3, -0.25) is 9.69 Å². The first-order chi connectivity index (χ1) is 14.4. The fraction of sp³-hybridized carbons (Fsp3) is 0.286. The molecule has 156 valence electrons.